The van der Waals surface area contributed by atoms with Crippen molar-refractivity contribution in [2.45, 2.75) is 18.4 Å². The zero-order valence-corrected chi connectivity index (χ0v) is 11.6. The highest BCUT2D eigenvalue weighted by Gasteiger charge is 2.29. The van der Waals surface area contributed by atoms with Crippen LogP contribution in [0.5, 0.6) is 0 Å². The molecule has 0 bridgehead atoms. The van der Waals surface area contributed by atoms with Crippen molar-refractivity contribution in [3.05, 3.63) is 71.3 Å². The average molecular weight is 297 g/mol. The molecule has 0 spiro atoms. The highest BCUT2D eigenvalue weighted by molar-refractivity contribution is 6.17. The topological polar surface area (TPSA) is 20.2 Å². The standard InChI is InChI=1S/C16H15ClF2O/c17-7-6-16(20,13-4-2-1-3-5-13)11-12-8-14(18)10-15(19)9-12/h1-5,8-10,20H,6-7,11H2. The van der Waals surface area contributed by atoms with Gasteiger partial charge in [-0.1, -0.05) is 30.3 Å². The Bertz CT molecular complexity index is 554. The SMILES string of the molecule is OC(CCCl)(Cc1cc(F)cc(F)c1)c1ccccc1. The van der Waals surface area contributed by atoms with Gasteiger partial charge in [-0.2, -0.15) is 0 Å². The van der Waals surface area contributed by atoms with Gasteiger partial charge in [0.2, 0.25) is 0 Å². The number of halogens is 3. The lowest BCUT2D eigenvalue weighted by Crippen LogP contribution is -2.29. The van der Waals surface area contributed by atoms with E-state index in [1.807, 2.05) is 6.07 Å². The van der Waals surface area contributed by atoms with Crippen LogP contribution >= 0.6 is 11.6 Å². The van der Waals surface area contributed by atoms with E-state index >= 15 is 0 Å². The molecule has 0 aliphatic rings. The third-order valence-corrected chi connectivity index (χ3v) is 3.43. The first-order valence-electron chi connectivity index (χ1n) is 6.32. The zero-order chi connectivity index (χ0) is 14.6. The molecule has 2 aromatic rings. The smallest absolute Gasteiger partial charge is 0.126 e. The van der Waals surface area contributed by atoms with E-state index in [-0.39, 0.29) is 12.3 Å². The first-order valence-corrected chi connectivity index (χ1v) is 6.86. The Labute approximate surface area is 121 Å². The van der Waals surface area contributed by atoms with Crippen molar-refractivity contribution in [2.75, 3.05) is 5.88 Å². The van der Waals surface area contributed by atoms with Gasteiger partial charge in [0.15, 0.2) is 0 Å². The molecule has 1 unspecified atom stereocenters. The molecule has 0 amide bonds. The molecule has 2 aromatic carbocycles. The predicted molar refractivity (Wildman–Crippen MR) is 75.7 cm³/mol. The van der Waals surface area contributed by atoms with Crippen molar-refractivity contribution in [3.8, 4) is 0 Å². The third-order valence-electron chi connectivity index (χ3n) is 3.24. The Morgan fingerprint density at radius 1 is 1.00 bits per heavy atom. The quantitative estimate of drug-likeness (QED) is 0.826. The summed E-state index contributed by atoms with van der Waals surface area (Å²) in [5.41, 5.74) is -0.146. The predicted octanol–water partition coefficient (Wildman–Crippen LogP) is 4.02. The average Bonchev–Trinajstić information content (AvgIpc) is 2.38. The minimum Gasteiger partial charge on any atom is -0.385 e. The van der Waals surface area contributed by atoms with E-state index in [0.29, 0.717) is 17.5 Å². The van der Waals surface area contributed by atoms with Gasteiger partial charge in [0.25, 0.3) is 0 Å². The van der Waals surface area contributed by atoms with Crippen molar-refractivity contribution < 1.29 is 13.9 Å². The van der Waals surface area contributed by atoms with Crippen molar-refractivity contribution in [1.82, 2.24) is 0 Å². The Morgan fingerprint density at radius 2 is 1.60 bits per heavy atom. The molecule has 0 aliphatic carbocycles. The molecule has 1 atom stereocenters. The molecule has 1 N–H and O–H groups in total. The number of alkyl halides is 1. The van der Waals surface area contributed by atoms with Crippen molar-refractivity contribution in [3.63, 3.8) is 0 Å². The van der Waals surface area contributed by atoms with Crippen LogP contribution < -0.4 is 0 Å². The van der Waals surface area contributed by atoms with Crippen LogP contribution in [0, 0.1) is 11.6 Å². The second-order valence-electron chi connectivity index (χ2n) is 4.79. The highest BCUT2D eigenvalue weighted by atomic mass is 35.5. The summed E-state index contributed by atoms with van der Waals surface area (Å²) in [6, 6.07) is 12.3. The molecule has 0 saturated heterocycles. The summed E-state index contributed by atoms with van der Waals surface area (Å²) >= 11 is 5.76. The fraction of sp³-hybridized carbons (Fsp3) is 0.250. The monoisotopic (exact) mass is 296 g/mol. The minimum absolute atomic E-state index is 0.110. The summed E-state index contributed by atoms with van der Waals surface area (Å²) in [5.74, 6) is -1.05. The van der Waals surface area contributed by atoms with Crippen LogP contribution in [-0.4, -0.2) is 11.0 Å². The summed E-state index contributed by atoms with van der Waals surface area (Å²) in [4.78, 5) is 0. The largest absolute Gasteiger partial charge is 0.385 e. The summed E-state index contributed by atoms with van der Waals surface area (Å²) < 4.78 is 26.5. The molecule has 1 nitrogen and oxygen atoms in total. The molecule has 0 heterocycles. The minimum atomic E-state index is -1.23. The second kappa shape index (κ2) is 6.33. The number of hydrogen-bond acceptors (Lipinski definition) is 1. The summed E-state index contributed by atoms with van der Waals surface area (Å²) in [7, 11) is 0. The van der Waals surface area contributed by atoms with Crippen molar-refractivity contribution in [1.29, 1.82) is 0 Å². The number of aliphatic hydroxyl groups is 1. The van der Waals surface area contributed by atoms with Crippen LogP contribution in [0.1, 0.15) is 17.5 Å². The molecule has 2 rings (SSSR count). The van der Waals surface area contributed by atoms with Gasteiger partial charge in [-0.15, -0.1) is 11.6 Å². The molecule has 20 heavy (non-hydrogen) atoms. The molecule has 0 radical (unpaired) electrons. The Balaban J connectivity index is 2.34. The van der Waals surface area contributed by atoms with Gasteiger partial charge >= 0.3 is 0 Å². The van der Waals surface area contributed by atoms with Crippen LogP contribution in [0.25, 0.3) is 0 Å². The van der Waals surface area contributed by atoms with Crippen molar-refractivity contribution >= 4 is 11.6 Å². The summed E-state index contributed by atoms with van der Waals surface area (Å²) in [6.07, 6.45) is 0.412. The third kappa shape index (κ3) is 3.56. The van der Waals surface area contributed by atoms with E-state index in [1.54, 1.807) is 24.3 Å². The van der Waals surface area contributed by atoms with E-state index in [1.165, 1.54) is 12.1 Å². The van der Waals surface area contributed by atoms with E-state index in [4.69, 9.17) is 11.6 Å². The first kappa shape index (κ1) is 14.9. The molecular formula is C16H15ClF2O. The van der Waals surface area contributed by atoms with E-state index < -0.39 is 17.2 Å². The lowest BCUT2D eigenvalue weighted by Gasteiger charge is -2.28. The van der Waals surface area contributed by atoms with E-state index in [2.05, 4.69) is 0 Å². The highest BCUT2D eigenvalue weighted by Crippen LogP contribution is 2.30. The Morgan fingerprint density at radius 3 is 2.15 bits per heavy atom. The van der Waals surface area contributed by atoms with Gasteiger partial charge in [-0.05, 0) is 29.7 Å². The fourth-order valence-electron chi connectivity index (χ4n) is 2.29. The van der Waals surface area contributed by atoms with Crippen LogP contribution in [0.4, 0.5) is 8.78 Å². The van der Waals surface area contributed by atoms with Crippen LogP contribution in [0.15, 0.2) is 48.5 Å². The summed E-state index contributed by atoms with van der Waals surface area (Å²) in [6.45, 7) is 0. The molecule has 0 aromatic heterocycles. The second-order valence-corrected chi connectivity index (χ2v) is 5.17. The maximum Gasteiger partial charge on any atom is 0.126 e. The van der Waals surface area contributed by atoms with E-state index in [9.17, 15) is 13.9 Å². The van der Waals surface area contributed by atoms with Gasteiger partial charge in [-0.25, -0.2) is 8.78 Å². The Kier molecular flexibility index (Phi) is 4.73. The van der Waals surface area contributed by atoms with Gasteiger partial charge in [0.05, 0.1) is 5.60 Å². The molecule has 4 heteroatoms. The van der Waals surface area contributed by atoms with Crippen LogP contribution in [-0.2, 0) is 12.0 Å². The number of rotatable bonds is 5. The maximum atomic E-state index is 13.2. The number of benzene rings is 2. The fourth-order valence-corrected chi connectivity index (χ4v) is 2.60. The van der Waals surface area contributed by atoms with Crippen LogP contribution in [0.2, 0.25) is 0 Å². The van der Waals surface area contributed by atoms with Gasteiger partial charge < -0.3 is 5.11 Å². The first-order chi connectivity index (χ1) is 9.53. The summed E-state index contributed by atoms with van der Waals surface area (Å²) in [5, 5.41) is 10.8. The van der Waals surface area contributed by atoms with E-state index in [0.717, 1.165) is 6.07 Å². The molecular weight excluding hydrogens is 282 g/mol. The van der Waals surface area contributed by atoms with Gasteiger partial charge in [0, 0.05) is 18.4 Å². The maximum absolute atomic E-state index is 13.2. The zero-order valence-electron chi connectivity index (χ0n) is 10.8. The Hall–Kier alpha value is -1.45. The molecule has 106 valence electrons. The normalized spacial score (nSPS) is 14.0. The van der Waals surface area contributed by atoms with Crippen LogP contribution in [0.3, 0.4) is 0 Å². The van der Waals surface area contributed by atoms with Crippen molar-refractivity contribution in [2.24, 2.45) is 0 Å². The lowest BCUT2D eigenvalue weighted by molar-refractivity contribution is 0.0335. The van der Waals surface area contributed by atoms with Gasteiger partial charge in [0.1, 0.15) is 11.6 Å². The molecule has 0 fully saturated rings. The number of hydrogen-bond donors (Lipinski definition) is 1. The molecule has 0 aliphatic heterocycles. The lowest BCUT2D eigenvalue weighted by atomic mass is 9.85. The molecule has 0 saturated carbocycles. The van der Waals surface area contributed by atoms with Gasteiger partial charge in [-0.3, -0.25) is 0 Å².